The molecular weight excluding hydrogens is 449 g/mol. The van der Waals surface area contributed by atoms with E-state index in [2.05, 4.69) is 20.4 Å². The van der Waals surface area contributed by atoms with Crippen LogP contribution >= 0.6 is 0 Å². The van der Waals surface area contributed by atoms with Crippen LogP contribution in [0, 0.1) is 12.7 Å². The second-order valence-corrected chi connectivity index (χ2v) is 8.02. The van der Waals surface area contributed by atoms with Crippen molar-refractivity contribution in [3.63, 3.8) is 0 Å². The zero-order chi connectivity index (χ0) is 24.4. The number of pyridine rings is 2. The van der Waals surface area contributed by atoms with Crippen LogP contribution in [0.3, 0.4) is 0 Å². The van der Waals surface area contributed by atoms with Crippen LogP contribution in [0.2, 0.25) is 0 Å². The molecule has 2 aromatic carbocycles. The van der Waals surface area contributed by atoms with Gasteiger partial charge in [-0.15, -0.1) is 0 Å². The highest BCUT2D eigenvalue weighted by atomic mass is 19.1. The standard InChI is InChI=1S/C26H20FN5O3/c1-16-10-11-20-23(34)21(26-30-24(31-35-26)18-8-5-9-19(27)12-18)14-32(25(20)29-16)15-22(33)28-13-17-6-3-2-4-7-17/h2-12,14H,13,15H2,1H3,(H,28,33). The lowest BCUT2D eigenvalue weighted by atomic mass is 10.1. The molecule has 0 radical (unpaired) electrons. The van der Waals surface area contributed by atoms with Crippen LogP contribution in [0.25, 0.3) is 33.9 Å². The lowest BCUT2D eigenvalue weighted by molar-refractivity contribution is -0.121. The molecule has 0 bridgehead atoms. The van der Waals surface area contributed by atoms with Crippen LogP contribution in [0.5, 0.6) is 0 Å². The van der Waals surface area contributed by atoms with E-state index in [1.165, 1.54) is 24.4 Å². The second kappa shape index (κ2) is 9.30. The molecule has 3 aromatic heterocycles. The first-order valence-corrected chi connectivity index (χ1v) is 10.9. The molecule has 0 spiro atoms. The Morgan fingerprint density at radius 3 is 2.69 bits per heavy atom. The van der Waals surface area contributed by atoms with Gasteiger partial charge in [0.2, 0.25) is 17.2 Å². The van der Waals surface area contributed by atoms with Crippen LogP contribution in [0.15, 0.2) is 82.2 Å². The van der Waals surface area contributed by atoms with Gasteiger partial charge in [0, 0.05) is 24.0 Å². The number of benzene rings is 2. The van der Waals surface area contributed by atoms with Gasteiger partial charge in [-0.25, -0.2) is 9.37 Å². The van der Waals surface area contributed by atoms with Gasteiger partial charge in [-0.3, -0.25) is 9.59 Å². The minimum Gasteiger partial charge on any atom is -0.350 e. The predicted molar refractivity (Wildman–Crippen MR) is 128 cm³/mol. The molecule has 0 aliphatic rings. The van der Waals surface area contributed by atoms with E-state index in [0.29, 0.717) is 28.8 Å². The van der Waals surface area contributed by atoms with Gasteiger partial charge in [-0.1, -0.05) is 47.6 Å². The van der Waals surface area contributed by atoms with Crippen LogP contribution in [0.1, 0.15) is 11.3 Å². The molecule has 35 heavy (non-hydrogen) atoms. The van der Waals surface area contributed by atoms with Crippen LogP contribution < -0.4 is 10.7 Å². The molecule has 8 nitrogen and oxygen atoms in total. The Morgan fingerprint density at radius 1 is 1.06 bits per heavy atom. The fourth-order valence-electron chi connectivity index (χ4n) is 3.72. The molecule has 5 aromatic rings. The second-order valence-electron chi connectivity index (χ2n) is 8.02. The van der Waals surface area contributed by atoms with Gasteiger partial charge in [0.05, 0.1) is 5.39 Å². The molecule has 5 rings (SSSR count). The molecule has 0 unspecified atom stereocenters. The maximum atomic E-state index is 13.6. The highest BCUT2D eigenvalue weighted by Crippen LogP contribution is 2.22. The minimum absolute atomic E-state index is 0.0322. The average molecular weight is 469 g/mol. The number of fused-ring (bicyclic) bond motifs is 1. The largest absolute Gasteiger partial charge is 0.350 e. The number of aromatic nitrogens is 4. The van der Waals surface area contributed by atoms with Gasteiger partial charge in [-0.05, 0) is 36.8 Å². The summed E-state index contributed by atoms with van der Waals surface area (Å²) in [4.78, 5) is 34.8. The van der Waals surface area contributed by atoms with E-state index in [9.17, 15) is 14.0 Å². The smallest absolute Gasteiger partial charge is 0.263 e. The number of aryl methyl sites for hydroxylation is 1. The van der Waals surface area contributed by atoms with Gasteiger partial charge >= 0.3 is 0 Å². The van der Waals surface area contributed by atoms with Crippen molar-refractivity contribution < 1.29 is 13.7 Å². The number of nitrogens with zero attached hydrogens (tertiary/aromatic N) is 4. The summed E-state index contributed by atoms with van der Waals surface area (Å²) in [6.45, 7) is 2.11. The summed E-state index contributed by atoms with van der Waals surface area (Å²) < 4.78 is 20.5. The van der Waals surface area contributed by atoms with Crippen molar-refractivity contribution >= 4 is 16.9 Å². The van der Waals surface area contributed by atoms with Gasteiger partial charge in [0.15, 0.2) is 0 Å². The first-order valence-electron chi connectivity index (χ1n) is 10.9. The number of amides is 1. The Bertz CT molecular complexity index is 1590. The summed E-state index contributed by atoms with van der Waals surface area (Å²) in [5.41, 5.74) is 2.22. The van der Waals surface area contributed by atoms with E-state index in [0.717, 1.165) is 5.56 Å². The maximum Gasteiger partial charge on any atom is 0.263 e. The lowest BCUT2D eigenvalue weighted by Crippen LogP contribution is -2.28. The number of hydrogen-bond acceptors (Lipinski definition) is 6. The normalized spacial score (nSPS) is 11.0. The van der Waals surface area contributed by atoms with E-state index in [-0.39, 0.29) is 35.2 Å². The first kappa shape index (κ1) is 22.1. The molecule has 0 fully saturated rings. The summed E-state index contributed by atoms with van der Waals surface area (Å²) in [5.74, 6) is -0.577. The van der Waals surface area contributed by atoms with E-state index in [1.54, 1.807) is 29.7 Å². The highest BCUT2D eigenvalue weighted by molar-refractivity contribution is 5.83. The lowest BCUT2D eigenvalue weighted by Gasteiger charge is -2.12. The van der Waals surface area contributed by atoms with Crippen molar-refractivity contribution in [2.24, 2.45) is 0 Å². The molecule has 9 heteroatoms. The number of carbonyl (C=O) groups is 1. The van der Waals surface area contributed by atoms with Crippen LogP contribution in [0.4, 0.5) is 4.39 Å². The summed E-state index contributed by atoms with van der Waals surface area (Å²) in [6, 6.07) is 18.7. The van der Waals surface area contributed by atoms with Crippen molar-refractivity contribution in [3.8, 4) is 22.8 Å². The summed E-state index contributed by atoms with van der Waals surface area (Å²) in [5, 5.41) is 7.09. The van der Waals surface area contributed by atoms with Crippen molar-refractivity contribution in [3.05, 3.63) is 100 Å². The summed E-state index contributed by atoms with van der Waals surface area (Å²) >= 11 is 0. The zero-order valence-corrected chi connectivity index (χ0v) is 18.7. The van der Waals surface area contributed by atoms with E-state index >= 15 is 0 Å². The van der Waals surface area contributed by atoms with Gasteiger partial charge in [0.25, 0.3) is 5.89 Å². The van der Waals surface area contributed by atoms with Crippen molar-refractivity contribution in [2.45, 2.75) is 20.0 Å². The van der Waals surface area contributed by atoms with Crippen molar-refractivity contribution in [1.29, 1.82) is 0 Å². The zero-order valence-electron chi connectivity index (χ0n) is 18.7. The number of halogens is 1. The number of rotatable bonds is 6. The van der Waals surface area contributed by atoms with Crippen molar-refractivity contribution in [2.75, 3.05) is 0 Å². The molecule has 174 valence electrons. The predicted octanol–water partition coefficient (Wildman–Crippen LogP) is 3.88. The van der Waals surface area contributed by atoms with Crippen LogP contribution in [-0.4, -0.2) is 25.6 Å². The molecule has 3 heterocycles. The Morgan fingerprint density at radius 2 is 1.89 bits per heavy atom. The fraction of sp³-hybridized carbons (Fsp3) is 0.115. The third-order valence-electron chi connectivity index (χ3n) is 5.45. The number of hydrogen-bond donors (Lipinski definition) is 1. The SMILES string of the molecule is Cc1ccc2c(=O)c(-c3nc(-c4cccc(F)c4)no3)cn(CC(=O)NCc3ccccc3)c2n1. The Balaban J connectivity index is 1.51. The highest BCUT2D eigenvalue weighted by Gasteiger charge is 2.19. The van der Waals surface area contributed by atoms with Gasteiger partial charge < -0.3 is 14.4 Å². The fourth-order valence-corrected chi connectivity index (χ4v) is 3.72. The summed E-state index contributed by atoms with van der Waals surface area (Å²) in [6.07, 6.45) is 1.49. The van der Waals surface area contributed by atoms with E-state index in [4.69, 9.17) is 4.52 Å². The Hall–Kier alpha value is -4.66. The molecule has 1 amide bonds. The maximum absolute atomic E-state index is 13.6. The van der Waals surface area contributed by atoms with Crippen LogP contribution in [-0.2, 0) is 17.9 Å². The molecule has 0 aliphatic carbocycles. The molecule has 1 N–H and O–H groups in total. The van der Waals surface area contributed by atoms with E-state index in [1.807, 2.05) is 30.3 Å². The Kier molecular flexibility index (Phi) is 5.88. The molecule has 0 aliphatic heterocycles. The molecule has 0 saturated carbocycles. The summed E-state index contributed by atoms with van der Waals surface area (Å²) in [7, 11) is 0. The number of carbonyl (C=O) groups excluding carboxylic acids is 1. The third kappa shape index (κ3) is 4.70. The average Bonchev–Trinajstić information content (AvgIpc) is 3.35. The van der Waals surface area contributed by atoms with E-state index < -0.39 is 5.82 Å². The third-order valence-corrected chi connectivity index (χ3v) is 5.45. The minimum atomic E-state index is -0.440. The van der Waals surface area contributed by atoms with Crippen molar-refractivity contribution in [1.82, 2.24) is 25.0 Å². The first-order chi connectivity index (χ1) is 17.0. The molecule has 0 saturated heterocycles. The van der Waals surface area contributed by atoms with Gasteiger partial charge in [-0.2, -0.15) is 4.98 Å². The van der Waals surface area contributed by atoms with Gasteiger partial charge in [0.1, 0.15) is 23.6 Å². The topological polar surface area (TPSA) is 103 Å². The monoisotopic (exact) mass is 469 g/mol. The Labute approximate surface area is 199 Å². The molecule has 0 atom stereocenters. The quantitative estimate of drug-likeness (QED) is 0.405. The number of nitrogens with one attached hydrogen (secondary N) is 1. The molecular formula is C26H20FN5O3.